The van der Waals surface area contributed by atoms with E-state index in [-0.39, 0.29) is 12.5 Å². The monoisotopic (exact) mass is 235 g/mol. The van der Waals surface area contributed by atoms with Crippen LogP contribution >= 0.6 is 0 Å². The van der Waals surface area contributed by atoms with Crippen LogP contribution in [0.5, 0.6) is 0 Å². The fourth-order valence-corrected chi connectivity index (χ4v) is 2.61. The number of rotatable bonds is 4. The van der Waals surface area contributed by atoms with Gasteiger partial charge in [0.1, 0.15) is 0 Å². The predicted molar refractivity (Wildman–Crippen MR) is 69.7 cm³/mol. The van der Waals surface area contributed by atoms with Crippen LogP contribution in [0.4, 0.5) is 4.39 Å². The molecular weight excluding hydrogens is 213 g/mol. The molecule has 17 heavy (non-hydrogen) atoms. The second kappa shape index (κ2) is 4.77. The summed E-state index contributed by atoms with van der Waals surface area (Å²) in [4.78, 5) is 0. The van der Waals surface area contributed by atoms with Gasteiger partial charge in [0.15, 0.2) is 5.67 Å². The molecule has 0 aromatic heterocycles. The number of benzene rings is 1. The number of hydrogen-bond donors (Lipinski definition) is 1. The lowest BCUT2D eigenvalue weighted by molar-refractivity contribution is 0.107. The third-order valence-corrected chi connectivity index (χ3v) is 4.17. The quantitative estimate of drug-likeness (QED) is 0.845. The third kappa shape index (κ3) is 2.11. The van der Waals surface area contributed by atoms with E-state index in [9.17, 15) is 0 Å². The van der Waals surface area contributed by atoms with Gasteiger partial charge >= 0.3 is 0 Å². The Morgan fingerprint density at radius 3 is 2.47 bits per heavy atom. The fraction of sp³-hybridized carbons (Fsp3) is 0.600. The Morgan fingerprint density at radius 1 is 1.35 bits per heavy atom. The minimum Gasteiger partial charge on any atom is -0.327 e. The van der Waals surface area contributed by atoms with E-state index in [1.165, 1.54) is 24.8 Å². The first-order valence-corrected chi connectivity index (χ1v) is 6.58. The van der Waals surface area contributed by atoms with Crippen LogP contribution in [0.3, 0.4) is 0 Å². The average Bonchev–Trinajstić information content (AvgIpc) is 2.26. The number of nitrogens with two attached hydrogens (primary N) is 1. The Kier molecular flexibility index (Phi) is 3.53. The molecule has 1 saturated carbocycles. The van der Waals surface area contributed by atoms with Crippen molar-refractivity contribution in [2.75, 3.05) is 6.54 Å². The SMILES string of the molecule is CC(C)C(F)(CN)c1ccccc1C1CCC1. The molecule has 0 bridgehead atoms. The highest BCUT2D eigenvalue weighted by molar-refractivity contribution is 5.37. The highest BCUT2D eigenvalue weighted by Gasteiger charge is 2.38. The molecule has 0 radical (unpaired) electrons. The van der Waals surface area contributed by atoms with Crippen LogP contribution in [-0.2, 0) is 5.67 Å². The van der Waals surface area contributed by atoms with Crippen LogP contribution in [0.25, 0.3) is 0 Å². The van der Waals surface area contributed by atoms with Gasteiger partial charge in [0.05, 0.1) is 0 Å². The maximum Gasteiger partial charge on any atom is 0.150 e. The molecule has 1 aliphatic rings. The van der Waals surface area contributed by atoms with Gasteiger partial charge in [0.25, 0.3) is 0 Å². The van der Waals surface area contributed by atoms with E-state index in [1.54, 1.807) is 0 Å². The first-order chi connectivity index (χ1) is 8.09. The van der Waals surface area contributed by atoms with Crippen LogP contribution in [-0.4, -0.2) is 6.54 Å². The van der Waals surface area contributed by atoms with E-state index < -0.39 is 5.67 Å². The first kappa shape index (κ1) is 12.6. The topological polar surface area (TPSA) is 26.0 Å². The average molecular weight is 235 g/mol. The van der Waals surface area contributed by atoms with E-state index in [1.807, 2.05) is 32.0 Å². The van der Waals surface area contributed by atoms with Gasteiger partial charge in [-0.05, 0) is 35.8 Å². The van der Waals surface area contributed by atoms with Gasteiger partial charge in [-0.2, -0.15) is 0 Å². The maximum atomic E-state index is 15.0. The molecule has 1 nitrogen and oxygen atoms in total. The molecule has 0 amide bonds. The summed E-state index contributed by atoms with van der Waals surface area (Å²) in [7, 11) is 0. The zero-order valence-electron chi connectivity index (χ0n) is 10.7. The van der Waals surface area contributed by atoms with Gasteiger partial charge < -0.3 is 5.73 Å². The summed E-state index contributed by atoms with van der Waals surface area (Å²) in [5.74, 6) is 0.459. The third-order valence-electron chi connectivity index (χ3n) is 4.17. The second-order valence-electron chi connectivity index (χ2n) is 5.44. The lowest BCUT2D eigenvalue weighted by Gasteiger charge is -2.35. The van der Waals surface area contributed by atoms with Crippen molar-refractivity contribution in [3.8, 4) is 0 Å². The Balaban J connectivity index is 2.42. The van der Waals surface area contributed by atoms with Gasteiger partial charge in [-0.25, -0.2) is 4.39 Å². The molecule has 0 aliphatic heterocycles. The van der Waals surface area contributed by atoms with Crippen LogP contribution < -0.4 is 5.73 Å². The van der Waals surface area contributed by atoms with Crippen molar-refractivity contribution in [1.29, 1.82) is 0 Å². The molecule has 0 saturated heterocycles. The molecule has 1 aromatic carbocycles. The van der Waals surface area contributed by atoms with Crippen molar-refractivity contribution >= 4 is 0 Å². The minimum atomic E-state index is -1.38. The van der Waals surface area contributed by atoms with E-state index in [0.717, 1.165) is 5.56 Å². The van der Waals surface area contributed by atoms with Crippen LogP contribution in [0, 0.1) is 5.92 Å². The van der Waals surface area contributed by atoms with E-state index in [2.05, 4.69) is 6.07 Å². The van der Waals surface area contributed by atoms with Gasteiger partial charge in [-0.3, -0.25) is 0 Å². The van der Waals surface area contributed by atoms with Crippen molar-refractivity contribution in [3.05, 3.63) is 35.4 Å². The molecule has 2 N–H and O–H groups in total. The smallest absolute Gasteiger partial charge is 0.150 e. The zero-order valence-corrected chi connectivity index (χ0v) is 10.7. The molecule has 1 aliphatic carbocycles. The van der Waals surface area contributed by atoms with Gasteiger partial charge in [-0.1, -0.05) is 44.5 Å². The summed E-state index contributed by atoms with van der Waals surface area (Å²) >= 11 is 0. The van der Waals surface area contributed by atoms with Crippen molar-refractivity contribution < 1.29 is 4.39 Å². The van der Waals surface area contributed by atoms with Gasteiger partial charge in [0, 0.05) is 6.54 Å². The number of halogens is 1. The van der Waals surface area contributed by atoms with Crippen LogP contribution in [0.2, 0.25) is 0 Å². The fourth-order valence-electron chi connectivity index (χ4n) is 2.61. The molecule has 0 heterocycles. The Labute approximate surface area is 103 Å². The largest absolute Gasteiger partial charge is 0.327 e. The summed E-state index contributed by atoms with van der Waals surface area (Å²) in [5, 5.41) is 0. The summed E-state index contributed by atoms with van der Waals surface area (Å²) in [6, 6.07) is 7.92. The predicted octanol–water partition coefficient (Wildman–Crippen LogP) is 3.73. The minimum absolute atomic E-state index is 0.0639. The molecule has 94 valence electrons. The van der Waals surface area contributed by atoms with Gasteiger partial charge in [0.2, 0.25) is 0 Å². The van der Waals surface area contributed by atoms with Crippen LogP contribution in [0.15, 0.2) is 24.3 Å². The van der Waals surface area contributed by atoms with E-state index >= 15 is 4.39 Å². The van der Waals surface area contributed by atoms with Crippen LogP contribution in [0.1, 0.15) is 50.2 Å². The molecule has 1 unspecified atom stereocenters. The highest BCUT2D eigenvalue weighted by Crippen LogP contribution is 2.43. The summed E-state index contributed by atoms with van der Waals surface area (Å²) in [6.07, 6.45) is 3.65. The highest BCUT2D eigenvalue weighted by atomic mass is 19.1. The molecule has 1 aromatic rings. The molecule has 1 atom stereocenters. The summed E-state index contributed by atoms with van der Waals surface area (Å²) in [5.41, 5.74) is 6.31. The number of alkyl halides is 1. The summed E-state index contributed by atoms with van der Waals surface area (Å²) in [6.45, 7) is 3.88. The standard InChI is InChI=1S/C15H22FN/c1-11(2)15(16,10-17)14-9-4-3-8-13(14)12-6-5-7-12/h3-4,8-9,11-12H,5-7,10,17H2,1-2H3. The summed E-state index contributed by atoms with van der Waals surface area (Å²) < 4.78 is 15.0. The number of hydrogen-bond acceptors (Lipinski definition) is 1. The Hall–Kier alpha value is -0.890. The van der Waals surface area contributed by atoms with Crippen molar-refractivity contribution in [2.45, 2.75) is 44.7 Å². The second-order valence-corrected chi connectivity index (χ2v) is 5.44. The van der Waals surface area contributed by atoms with E-state index in [0.29, 0.717) is 5.92 Å². The molecule has 0 spiro atoms. The van der Waals surface area contributed by atoms with Gasteiger partial charge in [-0.15, -0.1) is 0 Å². The lowest BCUT2D eigenvalue weighted by Crippen LogP contribution is -2.37. The lowest BCUT2D eigenvalue weighted by atomic mass is 9.73. The Bertz CT molecular complexity index is 384. The molecular formula is C15H22FN. The maximum absolute atomic E-state index is 15.0. The zero-order chi connectivity index (χ0) is 12.5. The first-order valence-electron chi connectivity index (χ1n) is 6.58. The van der Waals surface area contributed by atoms with E-state index in [4.69, 9.17) is 5.73 Å². The van der Waals surface area contributed by atoms with Crippen molar-refractivity contribution in [3.63, 3.8) is 0 Å². The van der Waals surface area contributed by atoms with Crippen molar-refractivity contribution in [2.24, 2.45) is 11.7 Å². The molecule has 1 fully saturated rings. The Morgan fingerprint density at radius 2 is 2.00 bits per heavy atom. The molecule has 2 rings (SSSR count). The molecule has 2 heteroatoms. The van der Waals surface area contributed by atoms with Crippen molar-refractivity contribution in [1.82, 2.24) is 0 Å². The normalized spacial score (nSPS) is 20.1.